The highest BCUT2D eigenvalue weighted by atomic mass is 32.2. The number of benzene rings is 4. The molecule has 0 saturated carbocycles. The lowest BCUT2D eigenvalue weighted by atomic mass is 10.0. The maximum atomic E-state index is 13.2. The van der Waals surface area contributed by atoms with Crippen LogP contribution in [0.3, 0.4) is 0 Å². The van der Waals surface area contributed by atoms with Gasteiger partial charge >= 0.3 is 5.97 Å². The van der Waals surface area contributed by atoms with Crippen molar-refractivity contribution in [3.63, 3.8) is 0 Å². The van der Waals surface area contributed by atoms with Crippen LogP contribution in [0.25, 0.3) is 16.5 Å². The van der Waals surface area contributed by atoms with Gasteiger partial charge in [-0.25, -0.2) is 0 Å². The van der Waals surface area contributed by atoms with E-state index in [2.05, 4.69) is 5.10 Å². The Balaban J connectivity index is 1.54. The highest BCUT2D eigenvalue weighted by Gasteiger charge is 2.25. The maximum Gasteiger partial charge on any atom is 0.317 e. The fourth-order valence-electron chi connectivity index (χ4n) is 3.99. The van der Waals surface area contributed by atoms with Crippen molar-refractivity contribution in [1.82, 2.24) is 9.78 Å². The van der Waals surface area contributed by atoms with Gasteiger partial charge < -0.3 is 4.74 Å². The van der Waals surface area contributed by atoms with Crippen LogP contribution in [0.5, 0.6) is 5.88 Å². The van der Waals surface area contributed by atoms with Gasteiger partial charge in [0.15, 0.2) is 0 Å². The topological polar surface area (TPSA) is 87.3 Å². The Hall–Kier alpha value is -4.43. The van der Waals surface area contributed by atoms with Crippen LogP contribution in [-0.4, -0.2) is 20.7 Å². The largest absolute Gasteiger partial charge is 0.406 e. The van der Waals surface area contributed by atoms with Gasteiger partial charge in [0.2, 0.25) is 5.88 Å². The fraction of sp³-hybridized carbons (Fsp3) is 0.0714. The summed E-state index contributed by atoms with van der Waals surface area (Å²) in [5.74, 6) is -0.222. The second-order valence-electron chi connectivity index (χ2n) is 8.08. The standard InChI is InChI=1S/C28H21N3O4S/c1-19-27(36-25-17-8-7-16-24(25)31(33)34)28(30(29-19)22-13-3-2-4-14-22)35-26(32)18-21-12-9-11-20-10-5-6-15-23(20)21/h2-17H,18H2,1H3. The minimum Gasteiger partial charge on any atom is -0.406 e. The molecule has 1 aromatic heterocycles. The molecule has 0 spiro atoms. The molecule has 0 atom stereocenters. The molecule has 0 amide bonds. The molecule has 8 heteroatoms. The van der Waals surface area contributed by atoms with Gasteiger partial charge in [0.1, 0.15) is 0 Å². The average Bonchev–Trinajstić information content (AvgIpc) is 3.19. The quantitative estimate of drug-likeness (QED) is 0.145. The molecule has 36 heavy (non-hydrogen) atoms. The van der Waals surface area contributed by atoms with E-state index in [1.807, 2.05) is 72.8 Å². The van der Waals surface area contributed by atoms with E-state index in [0.717, 1.165) is 28.1 Å². The lowest BCUT2D eigenvalue weighted by Crippen LogP contribution is -2.14. The summed E-state index contributed by atoms with van der Waals surface area (Å²) in [7, 11) is 0. The van der Waals surface area contributed by atoms with Crippen molar-refractivity contribution < 1.29 is 14.5 Å². The monoisotopic (exact) mass is 495 g/mol. The van der Waals surface area contributed by atoms with E-state index in [4.69, 9.17) is 4.74 Å². The SMILES string of the molecule is Cc1nn(-c2ccccc2)c(OC(=O)Cc2cccc3ccccc23)c1Sc1ccccc1[N+](=O)[O-]. The second-order valence-corrected chi connectivity index (χ2v) is 9.14. The smallest absolute Gasteiger partial charge is 0.317 e. The number of carbonyl (C=O) groups excluding carboxylic acids is 1. The predicted molar refractivity (Wildman–Crippen MR) is 139 cm³/mol. The Bertz CT molecular complexity index is 1580. The molecule has 5 aromatic rings. The van der Waals surface area contributed by atoms with E-state index in [1.54, 1.807) is 29.8 Å². The molecular weight excluding hydrogens is 474 g/mol. The van der Waals surface area contributed by atoms with Gasteiger partial charge in [-0.1, -0.05) is 84.6 Å². The van der Waals surface area contributed by atoms with Crippen molar-refractivity contribution in [1.29, 1.82) is 0 Å². The molecule has 0 bridgehead atoms. The first-order valence-corrected chi connectivity index (χ1v) is 12.1. The summed E-state index contributed by atoms with van der Waals surface area (Å²) in [5, 5.41) is 18.2. The number of esters is 1. The van der Waals surface area contributed by atoms with Gasteiger partial charge in [0, 0.05) is 6.07 Å². The number of hydrogen-bond acceptors (Lipinski definition) is 6. The summed E-state index contributed by atoms with van der Waals surface area (Å²) in [6.45, 7) is 1.79. The first kappa shape index (κ1) is 23.3. The highest BCUT2D eigenvalue weighted by Crippen LogP contribution is 2.42. The molecule has 0 saturated heterocycles. The Labute approximate surface area is 211 Å². The number of para-hydroxylation sites is 2. The van der Waals surface area contributed by atoms with Crippen LogP contribution in [-0.2, 0) is 11.2 Å². The zero-order chi connectivity index (χ0) is 25.1. The minimum atomic E-state index is -0.451. The van der Waals surface area contributed by atoms with Crippen molar-refractivity contribution in [2.75, 3.05) is 0 Å². The molecule has 0 aliphatic carbocycles. The van der Waals surface area contributed by atoms with Crippen LogP contribution in [0.2, 0.25) is 0 Å². The summed E-state index contributed by atoms with van der Waals surface area (Å²) in [5.41, 5.74) is 2.13. The minimum absolute atomic E-state index is 0.0256. The van der Waals surface area contributed by atoms with E-state index in [-0.39, 0.29) is 18.0 Å². The average molecular weight is 496 g/mol. The van der Waals surface area contributed by atoms with Crippen LogP contribution in [0.4, 0.5) is 5.69 Å². The third kappa shape index (κ3) is 4.71. The summed E-state index contributed by atoms with van der Waals surface area (Å²) in [6, 6.07) is 29.5. The van der Waals surface area contributed by atoms with E-state index in [0.29, 0.717) is 21.2 Å². The molecule has 1 heterocycles. The van der Waals surface area contributed by atoms with E-state index < -0.39 is 10.9 Å². The van der Waals surface area contributed by atoms with E-state index >= 15 is 0 Å². The molecule has 0 unspecified atom stereocenters. The molecule has 0 N–H and O–H groups in total. The Kier molecular flexibility index (Phi) is 6.51. The van der Waals surface area contributed by atoms with Crippen LogP contribution < -0.4 is 4.74 Å². The lowest BCUT2D eigenvalue weighted by Gasteiger charge is -2.11. The highest BCUT2D eigenvalue weighted by molar-refractivity contribution is 7.99. The van der Waals surface area contributed by atoms with E-state index in [9.17, 15) is 14.9 Å². The van der Waals surface area contributed by atoms with Crippen LogP contribution in [0, 0.1) is 17.0 Å². The number of rotatable bonds is 7. The third-order valence-electron chi connectivity index (χ3n) is 5.67. The van der Waals surface area contributed by atoms with Crippen LogP contribution >= 0.6 is 11.8 Å². The second kappa shape index (κ2) is 10.1. The molecule has 178 valence electrons. The number of hydrogen-bond donors (Lipinski definition) is 0. The number of aromatic nitrogens is 2. The zero-order valence-electron chi connectivity index (χ0n) is 19.3. The number of fused-ring (bicyclic) bond motifs is 1. The normalized spacial score (nSPS) is 10.9. The predicted octanol–water partition coefficient (Wildman–Crippen LogP) is 6.54. The summed E-state index contributed by atoms with van der Waals surface area (Å²) in [6.07, 6.45) is 0.0654. The molecular formula is C28H21N3O4S. The van der Waals surface area contributed by atoms with Crippen LogP contribution in [0.15, 0.2) is 107 Å². The van der Waals surface area contributed by atoms with Crippen LogP contribution in [0.1, 0.15) is 11.3 Å². The Morgan fingerprint density at radius 3 is 2.44 bits per heavy atom. The van der Waals surface area contributed by atoms with Gasteiger partial charge in [0.25, 0.3) is 5.69 Å². The zero-order valence-corrected chi connectivity index (χ0v) is 20.1. The molecule has 0 aliphatic rings. The number of aryl methyl sites for hydroxylation is 1. The Morgan fingerprint density at radius 2 is 1.64 bits per heavy atom. The molecule has 0 fully saturated rings. The van der Waals surface area contributed by atoms with Crippen molar-refractivity contribution in [3.05, 3.63) is 118 Å². The first-order valence-electron chi connectivity index (χ1n) is 11.2. The number of carbonyl (C=O) groups is 1. The van der Waals surface area contributed by atoms with E-state index in [1.165, 1.54) is 6.07 Å². The number of nitrogens with zero attached hydrogens (tertiary/aromatic N) is 3. The number of nitro benzene ring substituents is 1. The summed E-state index contributed by atoms with van der Waals surface area (Å²) >= 11 is 1.16. The summed E-state index contributed by atoms with van der Waals surface area (Å²) in [4.78, 5) is 25.4. The van der Waals surface area contributed by atoms with Crippen molar-refractivity contribution in [3.8, 4) is 11.6 Å². The van der Waals surface area contributed by atoms with Gasteiger partial charge in [-0.3, -0.25) is 14.9 Å². The van der Waals surface area contributed by atoms with Gasteiger partial charge in [-0.15, -0.1) is 0 Å². The van der Waals surface area contributed by atoms with Crippen molar-refractivity contribution in [2.24, 2.45) is 0 Å². The van der Waals surface area contributed by atoms with Gasteiger partial charge in [-0.2, -0.15) is 9.78 Å². The first-order chi connectivity index (χ1) is 17.5. The van der Waals surface area contributed by atoms with Gasteiger partial charge in [-0.05, 0) is 41.5 Å². The lowest BCUT2D eigenvalue weighted by molar-refractivity contribution is -0.387. The van der Waals surface area contributed by atoms with Crippen molar-refractivity contribution in [2.45, 2.75) is 23.1 Å². The van der Waals surface area contributed by atoms with Gasteiger partial charge in [0.05, 0.1) is 32.5 Å². The summed E-state index contributed by atoms with van der Waals surface area (Å²) < 4.78 is 7.51. The fourth-order valence-corrected chi connectivity index (χ4v) is 5.01. The third-order valence-corrected chi connectivity index (χ3v) is 6.90. The number of ether oxygens (including phenoxy) is 1. The number of nitro groups is 1. The molecule has 7 nitrogen and oxygen atoms in total. The molecule has 0 radical (unpaired) electrons. The molecule has 4 aromatic carbocycles. The molecule has 0 aliphatic heterocycles. The Morgan fingerprint density at radius 1 is 0.944 bits per heavy atom. The molecule has 5 rings (SSSR count). The maximum absolute atomic E-state index is 13.2. The van der Waals surface area contributed by atoms with Crippen molar-refractivity contribution >= 4 is 34.2 Å².